The number of hydrogen-bond acceptors (Lipinski definition) is 5. The molecule has 0 radical (unpaired) electrons. The van der Waals surface area contributed by atoms with E-state index >= 15 is 0 Å². The van der Waals surface area contributed by atoms with Crippen LogP contribution in [0.4, 0.5) is 0 Å². The highest BCUT2D eigenvalue weighted by atomic mass is 16.6. The van der Waals surface area contributed by atoms with Crippen molar-refractivity contribution in [2.24, 2.45) is 0 Å². The molecule has 1 saturated heterocycles. The van der Waals surface area contributed by atoms with Crippen LogP contribution in [0.3, 0.4) is 0 Å². The summed E-state index contributed by atoms with van der Waals surface area (Å²) in [6, 6.07) is 6.27. The van der Waals surface area contributed by atoms with Crippen LogP contribution in [0.15, 0.2) is 18.2 Å². The first kappa shape index (κ1) is 14.6. The number of nitrogens with one attached hydrogen (secondary N) is 1. The summed E-state index contributed by atoms with van der Waals surface area (Å²) in [7, 11) is 0. The Hall–Kier alpha value is -1.30. The third kappa shape index (κ3) is 3.67. The van der Waals surface area contributed by atoms with Crippen molar-refractivity contribution in [3.8, 4) is 11.5 Å². The average molecular weight is 293 g/mol. The first-order chi connectivity index (χ1) is 10.4. The Balaban J connectivity index is 1.67. The van der Waals surface area contributed by atoms with E-state index in [1.54, 1.807) is 0 Å². The molecule has 2 aliphatic heterocycles. The fourth-order valence-corrected chi connectivity index (χ4v) is 2.67. The van der Waals surface area contributed by atoms with Crippen molar-refractivity contribution in [2.75, 3.05) is 39.6 Å². The van der Waals surface area contributed by atoms with Gasteiger partial charge in [-0.1, -0.05) is 13.0 Å². The SMILES string of the molecule is CCNC(COC1CCOC1)c1ccc2c(c1)OCCO2. The van der Waals surface area contributed by atoms with E-state index in [-0.39, 0.29) is 12.1 Å². The lowest BCUT2D eigenvalue weighted by Gasteiger charge is -2.23. The molecule has 1 fully saturated rings. The summed E-state index contributed by atoms with van der Waals surface area (Å²) in [6.07, 6.45) is 1.21. The van der Waals surface area contributed by atoms with Crippen LogP contribution in [-0.2, 0) is 9.47 Å². The summed E-state index contributed by atoms with van der Waals surface area (Å²) < 4.78 is 22.5. The van der Waals surface area contributed by atoms with Gasteiger partial charge in [0, 0.05) is 6.61 Å². The fraction of sp³-hybridized carbons (Fsp3) is 0.625. The second-order valence-corrected chi connectivity index (χ2v) is 5.33. The van der Waals surface area contributed by atoms with E-state index in [1.807, 2.05) is 6.07 Å². The molecule has 0 amide bonds. The van der Waals surface area contributed by atoms with Gasteiger partial charge in [0.1, 0.15) is 13.2 Å². The van der Waals surface area contributed by atoms with Crippen molar-refractivity contribution in [1.82, 2.24) is 5.32 Å². The second kappa shape index (κ2) is 7.11. The molecule has 2 aliphatic rings. The molecule has 5 nitrogen and oxygen atoms in total. The molecule has 5 heteroatoms. The molecule has 1 aromatic carbocycles. The topological polar surface area (TPSA) is 49.0 Å². The number of fused-ring (bicyclic) bond motifs is 1. The minimum atomic E-state index is 0.159. The van der Waals surface area contributed by atoms with Gasteiger partial charge in [-0.05, 0) is 30.7 Å². The third-order valence-electron chi connectivity index (χ3n) is 3.81. The molecule has 0 aromatic heterocycles. The maximum atomic E-state index is 5.96. The molecule has 21 heavy (non-hydrogen) atoms. The van der Waals surface area contributed by atoms with Gasteiger partial charge in [-0.15, -0.1) is 0 Å². The molecule has 0 bridgehead atoms. The van der Waals surface area contributed by atoms with Crippen LogP contribution < -0.4 is 14.8 Å². The minimum absolute atomic E-state index is 0.159. The lowest BCUT2D eigenvalue weighted by Crippen LogP contribution is -2.28. The standard InChI is InChI=1S/C16H23NO4/c1-2-17-14(11-21-13-5-6-18-10-13)12-3-4-15-16(9-12)20-8-7-19-15/h3-4,9,13-14,17H,2,5-8,10-11H2,1H3. The molecule has 2 heterocycles. The van der Waals surface area contributed by atoms with Gasteiger partial charge in [0.2, 0.25) is 0 Å². The molecule has 3 rings (SSSR count). The lowest BCUT2D eigenvalue weighted by molar-refractivity contribution is 0.0299. The van der Waals surface area contributed by atoms with E-state index in [0.717, 1.165) is 31.1 Å². The van der Waals surface area contributed by atoms with Crippen molar-refractivity contribution in [3.63, 3.8) is 0 Å². The highest BCUT2D eigenvalue weighted by Gasteiger charge is 2.20. The van der Waals surface area contributed by atoms with Crippen molar-refractivity contribution >= 4 is 0 Å². The molecule has 0 saturated carbocycles. The zero-order valence-electron chi connectivity index (χ0n) is 12.5. The monoisotopic (exact) mass is 293 g/mol. The van der Waals surface area contributed by atoms with E-state index < -0.39 is 0 Å². The first-order valence-corrected chi connectivity index (χ1v) is 7.69. The predicted octanol–water partition coefficient (Wildman–Crippen LogP) is 1.91. The van der Waals surface area contributed by atoms with Crippen LogP contribution in [0.25, 0.3) is 0 Å². The van der Waals surface area contributed by atoms with E-state index in [9.17, 15) is 0 Å². The summed E-state index contributed by atoms with van der Waals surface area (Å²) in [4.78, 5) is 0. The Labute approximate surface area is 125 Å². The second-order valence-electron chi connectivity index (χ2n) is 5.33. The van der Waals surface area contributed by atoms with Crippen molar-refractivity contribution in [3.05, 3.63) is 23.8 Å². The molecular formula is C16H23NO4. The number of hydrogen-bond donors (Lipinski definition) is 1. The van der Waals surface area contributed by atoms with Crippen LogP contribution >= 0.6 is 0 Å². The van der Waals surface area contributed by atoms with Gasteiger partial charge in [0.25, 0.3) is 0 Å². The molecule has 0 spiro atoms. The Morgan fingerprint density at radius 1 is 1.24 bits per heavy atom. The maximum Gasteiger partial charge on any atom is 0.161 e. The Bertz CT molecular complexity index is 460. The molecule has 2 unspecified atom stereocenters. The number of likely N-dealkylation sites (N-methyl/N-ethyl adjacent to an activating group) is 1. The lowest BCUT2D eigenvalue weighted by atomic mass is 10.1. The van der Waals surface area contributed by atoms with E-state index in [0.29, 0.717) is 26.4 Å². The quantitative estimate of drug-likeness (QED) is 0.868. The normalized spacial score (nSPS) is 22.2. The van der Waals surface area contributed by atoms with Crippen LogP contribution in [0.2, 0.25) is 0 Å². The predicted molar refractivity (Wildman–Crippen MR) is 79.0 cm³/mol. The van der Waals surface area contributed by atoms with E-state index in [1.165, 1.54) is 5.56 Å². The van der Waals surface area contributed by atoms with Gasteiger partial charge in [-0.25, -0.2) is 0 Å². The molecule has 1 aromatic rings. The smallest absolute Gasteiger partial charge is 0.161 e. The van der Waals surface area contributed by atoms with Gasteiger partial charge in [0.15, 0.2) is 11.5 Å². The Morgan fingerprint density at radius 2 is 2.10 bits per heavy atom. The van der Waals surface area contributed by atoms with Crippen molar-refractivity contribution < 1.29 is 18.9 Å². The Kier molecular flexibility index (Phi) is 4.95. The van der Waals surface area contributed by atoms with Crippen molar-refractivity contribution in [2.45, 2.75) is 25.5 Å². The van der Waals surface area contributed by atoms with Gasteiger partial charge >= 0.3 is 0 Å². The summed E-state index contributed by atoms with van der Waals surface area (Å²) in [5.41, 5.74) is 1.17. The maximum absolute atomic E-state index is 5.96. The Morgan fingerprint density at radius 3 is 2.86 bits per heavy atom. The summed E-state index contributed by atoms with van der Waals surface area (Å²) in [6.45, 7) is 6.38. The van der Waals surface area contributed by atoms with Crippen LogP contribution in [0.1, 0.15) is 24.9 Å². The number of rotatable bonds is 6. The summed E-state index contributed by atoms with van der Waals surface area (Å²) in [5.74, 6) is 1.65. The molecule has 1 N–H and O–H groups in total. The van der Waals surface area contributed by atoms with Crippen molar-refractivity contribution in [1.29, 1.82) is 0 Å². The molecular weight excluding hydrogens is 270 g/mol. The number of ether oxygens (including phenoxy) is 4. The van der Waals surface area contributed by atoms with E-state index in [2.05, 4.69) is 24.4 Å². The number of benzene rings is 1. The van der Waals surface area contributed by atoms with Gasteiger partial charge in [-0.3, -0.25) is 0 Å². The van der Waals surface area contributed by atoms with Crippen LogP contribution in [0, 0.1) is 0 Å². The van der Waals surface area contributed by atoms with E-state index in [4.69, 9.17) is 18.9 Å². The van der Waals surface area contributed by atoms with Crippen LogP contribution in [0.5, 0.6) is 11.5 Å². The third-order valence-corrected chi connectivity index (χ3v) is 3.81. The van der Waals surface area contributed by atoms with Crippen LogP contribution in [-0.4, -0.2) is 45.7 Å². The summed E-state index contributed by atoms with van der Waals surface area (Å²) >= 11 is 0. The fourth-order valence-electron chi connectivity index (χ4n) is 2.67. The van der Waals surface area contributed by atoms with Gasteiger partial charge < -0.3 is 24.3 Å². The molecule has 116 valence electrons. The zero-order chi connectivity index (χ0) is 14.5. The average Bonchev–Trinajstić information content (AvgIpc) is 3.04. The zero-order valence-corrected chi connectivity index (χ0v) is 12.5. The largest absolute Gasteiger partial charge is 0.486 e. The molecule has 0 aliphatic carbocycles. The van der Waals surface area contributed by atoms with Gasteiger partial charge in [-0.2, -0.15) is 0 Å². The first-order valence-electron chi connectivity index (χ1n) is 7.69. The summed E-state index contributed by atoms with van der Waals surface area (Å²) in [5, 5.41) is 3.47. The molecule has 2 atom stereocenters. The minimum Gasteiger partial charge on any atom is -0.486 e. The van der Waals surface area contributed by atoms with Gasteiger partial charge in [0.05, 0.1) is 25.4 Å². The highest BCUT2D eigenvalue weighted by Crippen LogP contribution is 2.32. The highest BCUT2D eigenvalue weighted by molar-refractivity contribution is 5.44.